The van der Waals surface area contributed by atoms with E-state index in [2.05, 4.69) is 30.9 Å². The Morgan fingerprint density at radius 1 is 1.34 bits per heavy atom. The van der Waals surface area contributed by atoms with Gasteiger partial charge in [-0.15, -0.1) is 16.4 Å². The summed E-state index contributed by atoms with van der Waals surface area (Å²) in [6, 6.07) is 3.10. The van der Waals surface area contributed by atoms with E-state index in [-0.39, 0.29) is 17.8 Å². The van der Waals surface area contributed by atoms with Gasteiger partial charge in [0, 0.05) is 19.5 Å². The monoisotopic (exact) mass is 515 g/mol. The summed E-state index contributed by atoms with van der Waals surface area (Å²) in [5.74, 6) is 0.253. The number of anilines is 1. The molecule has 4 heterocycles. The van der Waals surface area contributed by atoms with Gasteiger partial charge in [-0.2, -0.15) is 14.6 Å². The summed E-state index contributed by atoms with van der Waals surface area (Å²) in [6.07, 6.45) is 1.43. The van der Waals surface area contributed by atoms with E-state index in [0.717, 1.165) is 4.88 Å². The second kappa shape index (κ2) is 7.95. The number of aromatic nitrogens is 7. The van der Waals surface area contributed by atoms with Crippen molar-refractivity contribution in [3.8, 4) is 16.5 Å². The number of halogens is 1. The highest BCUT2D eigenvalue weighted by molar-refractivity contribution is 7.19. The highest BCUT2D eigenvalue weighted by Gasteiger charge is 2.75. The van der Waals surface area contributed by atoms with E-state index in [1.54, 1.807) is 23.2 Å². The molecule has 12 nitrogen and oxygen atoms in total. The Morgan fingerprint density at radius 3 is 2.89 bits per heavy atom. The number of nitrogens with one attached hydrogen (secondary N) is 2. The Hall–Kier alpha value is -3.13. The molecule has 2 saturated carbocycles. The largest absolute Gasteiger partial charge is 0.389 e. The molecule has 182 valence electrons. The van der Waals surface area contributed by atoms with Gasteiger partial charge < -0.3 is 25.4 Å². The number of aliphatic hydroxyl groups excluding tert-OH is 2. The van der Waals surface area contributed by atoms with Crippen LogP contribution in [0.2, 0.25) is 4.34 Å². The summed E-state index contributed by atoms with van der Waals surface area (Å²) >= 11 is 7.45. The molecule has 2 aliphatic carbocycles. The van der Waals surface area contributed by atoms with Crippen molar-refractivity contribution < 1.29 is 15.0 Å². The number of fused-ring (bicyclic) bond motifs is 2. The van der Waals surface area contributed by atoms with E-state index in [9.17, 15) is 15.0 Å². The van der Waals surface area contributed by atoms with E-state index in [1.807, 2.05) is 13.0 Å². The maximum absolute atomic E-state index is 12.5. The third-order valence-electron chi connectivity index (χ3n) is 6.92. The van der Waals surface area contributed by atoms with Crippen LogP contribution in [0.4, 0.5) is 5.82 Å². The first-order valence-corrected chi connectivity index (χ1v) is 12.3. The van der Waals surface area contributed by atoms with Gasteiger partial charge in [-0.1, -0.05) is 16.8 Å². The van der Waals surface area contributed by atoms with Gasteiger partial charge in [0.1, 0.15) is 11.8 Å². The molecule has 4 aromatic heterocycles. The fourth-order valence-corrected chi connectivity index (χ4v) is 6.22. The molecule has 1 amide bonds. The molecule has 4 N–H and O–H groups in total. The molecule has 2 aliphatic rings. The molecule has 0 saturated heterocycles. The van der Waals surface area contributed by atoms with Gasteiger partial charge in [-0.25, -0.2) is 4.98 Å². The number of carbonyl (C=O) groups excluding carboxylic acids is 1. The van der Waals surface area contributed by atoms with Crippen LogP contribution in [-0.4, -0.2) is 76.4 Å². The molecular weight excluding hydrogens is 494 g/mol. The minimum absolute atomic E-state index is 0.243. The standard InChI is InChI=1S/C21H22ClN9O3S/c1-3-24-17-13-18(27-20(26-17)31-7-10(28-29-31)11-4-5-12(22)35-11)30(8-25-13)14-9-6-21(9,19(34)23-2)16(33)15(14)32/h4-5,7-9,14-16,32-33H,3,6H2,1-2H3,(H,23,34)(H,24,26,27)/t9-,14-,15+,16+,21+/m1/s1. The molecule has 4 aromatic rings. The number of carbonyl (C=O) groups is 1. The predicted octanol–water partition coefficient (Wildman–Crippen LogP) is 1.25. The predicted molar refractivity (Wildman–Crippen MR) is 128 cm³/mol. The normalized spacial score (nSPS) is 27.2. The first-order valence-electron chi connectivity index (χ1n) is 11.1. The summed E-state index contributed by atoms with van der Waals surface area (Å²) in [5, 5.41) is 35.9. The number of rotatable bonds is 6. The van der Waals surface area contributed by atoms with Crippen LogP contribution in [-0.2, 0) is 4.79 Å². The smallest absolute Gasteiger partial charge is 0.256 e. The van der Waals surface area contributed by atoms with Crippen molar-refractivity contribution in [2.24, 2.45) is 11.3 Å². The maximum atomic E-state index is 12.5. The number of aliphatic hydroxyl groups is 2. The van der Waals surface area contributed by atoms with Crippen LogP contribution in [0.5, 0.6) is 0 Å². The molecule has 0 spiro atoms. The summed E-state index contributed by atoms with van der Waals surface area (Å²) in [4.78, 5) is 27.2. The number of amides is 1. The topological polar surface area (TPSA) is 156 Å². The van der Waals surface area contributed by atoms with Gasteiger partial charge in [0.2, 0.25) is 5.91 Å². The molecule has 0 bridgehead atoms. The second-order valence-electron chi connectivity index (χ2n) is 8.73. The van der Waals surface area contributed by atoms with E-state index < -0.39 is 23.7 Å². The summed E-state index contributed by atoms with van der Waals surface area (Å²) in [7, 11) is 1.53. The Labute approximate surface area is 208 Å². The number of hydrogen-bond acceptors (Lipinski definition) is 10. The van der Waals surface area contributed by atoms with Gasteiger partial charge >= 0.3 is 0 Å². The molecule has 0 aliphatic heterocycles. The van der Waals surface area contributed by atoms with Crippen molar-refractivity contribution in [1.29, 1.82) is 0 Å². The zero-order valence-electron chi connectivity index (χ0n) is 18.8. The summed E-state index contributed by atoms with van der Waals surface area (Å²) in [6.45, 7) is 2.54. The SMILES string of the molecule is CCNc1nc(-n2cc(-c3ccc(Cl)s3)nn2)nc2c1ncn2[C@H]1[C@H](O)[C@H](O)[C@]2(C(=O)NC)C[C@H]12. The second-order valence-corrected chi connectivity index (χ2v) is 10.4. The molecule has 5 atom stereocenters. The quantitative estimate of drug-likeness (QED) is 0.297. The number of hydrogen-bond donors (Lipinski definition) is 4. The number of imidazole rings is 1. The minimum atomic E-state index is -1.18. The Bertz CT molecular complexity index is 1450. The van der Waals surface area contributed by atoms with Crippen LogP contribution in [0.25, 0.3) is 27.7 Å². The first-order chi connectivity index (χ1) is 16.9. The van der Waals surface area contributed by atoms with E-state index in [0.29, 0.717) is 40.0 Å². The molecule has 2 fully saturated rings. The molecule has 0 aromatic carbocycles. The minimum Gasteiger partial charge on any atom is -0.389 e. The average Bonchev–Trinajstić information content (AvgIpc) is 3.26. The average molecular weight is 516 g/mol. The van der Waals surface area contributed by atoms with Crippen LogP contribution < -0.4 is 10.6 Å². The number of nitrogens with zero attached hydrogens (tertiary/aromatic N) is 7. The molecule has 6 rings (SSSR count). The van der Waals surface area contributed by atoms with Gasteiger partial charge in [0.25, 0.3) is 5.95 Å². The van der Waals surface area contributed by atoms with Crippen molar-refractivity contribution in [2.45, 2.75) is 31.6 Å². The van der Waals surface area contributed by atoms with Gasteiger partial charge in [-0.05, 0) is 25.5 Å². The third-order valence-corrected chi connectivity index (χ3v) is 8.18. The third kappa shape index (κ3) is 3.19. The zero-order chi connectivity index (χ0) is 24.5. The van der Waals surface area contributed by atoms with Gasteiger partial charge in [-0.3, -0.25) is 4.79 Å². The first kappa shape index (κ1) is 22.3. The molecular formula is C21H22ClN9O3S. The summed E-state index contributed by atoms with van der Waals surface area (Å²) in [5.41, 5.74) is 0.601. The molecule has 0 radical (unpaired) electrons. The lowest BCUT2D eigenvalue weighted by Gasteiger charge is -2.23. The van der Waals surface area contributed by atoms with Gasteiger partial charge in [0.15, 0.2) is 17.0 Å². The van der Waals surface area contributed by atoms with Crippen LogP contribution >= 0.6 is 22.9 Å². The van der Waals surface area contributed by atoms with Crippen molar-refractivity contribution in [1.82, 2.24) is 39.8 Å². The highest BCUT2D eigenvalue weighted by atomic mass is 35.5. The van der Waals surface area contributed by atoms with E-state index in [1.165, 1.54) is 23.1 Å². The van der Waals surface area contributed by atoms with E-state index >= 15 is 0 Å². The maximum Gasteiger partial charge on any atom is 0.256 e. The molecule has 35 heavy (non-hydrogen) atoms. The van der Waals surface area contributed by atoms with E-state index in [4.69, 9.17) is 16.6 Å². The fraction of sp³-hybridized carbons (Fsp3) is 0.429. The Morgan fingerprint density at radius 2 is 2.17 bits per heavy atom. The van der Waals surface area contributed by atoms with Crippen molar-refractivity contribution in [3.05, 3.63) is 29.0 Å². The zero-order valence-corrected chi connectivity index (χ0v) is 20.3. The van der Waals surface area contributed by atoms with Crippen LogP contribution in [0, 0.1) is 11.3 Å². The van der Waals surface area contributed by atoms with Crippen molar-refractivity contribution >= 4 is 45.8 Å². The Balaban J connectivity index is 1.44. The highest BCUT2D eigenvalue weighted by Crippen LogP contribution is 2.67. The fourth-order valence-electron chi connectivity index (χ4n) is 5.23. The lowest BCUT2D eigenvalue weighted by atomic mass is 9.98. The lowest BCUT2D eigenvalue weighted by molar-refractivity contribution is -0.132. The van der Waals surface area contributed by atoms with Crippen LogP contribution in [0.1, 0.15) is 19.4 Å². The van der Waals surface area contributed by atoms with Crippen molar-refractivity contribution in [2.75, 3.05) is 18.9 Å². The van der Waals surface area contributed by atoms with Crippen LogP contribution in [0.15, 0.2) is 24.7 Å². The molecule has 0 unspecified atom stereocenters. The Kier molecular flexibility index (Phi) is 5.07. The van der Waals surface area contributed by atoms with Gasteiger partial charge in [0.05, 0.1) is 39.3 Å². The van der Waals surface area contributed by atoms with Crippen molar-refractivity contribution in [3.63, 3.8) is 0 Å². The van der Waals surface area contributed by atoms with Crippen LogP contribution in [0.3, 0.4) is 0 Å². The molecule has 14 heteroatoms. The number of thiophene rings is 1. The summed E-state index contributed by atoms with van der Waals surface area (Å²) < 4.78 is 3.84. The lowest BCUT2D eigenvalue weighted by Crippen LogP contribution is -2.41.